The number of hydrogen-bond donors (Lipinski definition) is 1. The van der Waals surface area contributed by atoms with Crippen LogP contribution < -0.4 is 14.8 Å². The number of rotatable bonds is 7. The van der Waals surface area contributed by atoms with Gasteiger partial charge >= 0.3 is 0 Å². The number of carbonyl (C=O) groups excluding carboxylic acids is 1. The Bertz CT molecular complexity index is 978. The Morgan fingerprint density at radius 1 is 1.04 bits per heavy atom. The first-order valence-electron chi connectivity index (χ1n) is 9.04. The SMILES string of the molecule is COc1ccc(NC(=O)CCc2ncc(-c3ccc(C)c(C)c3)o2)cc1OC. The van der Waals surface area contributed by atoms with Crippen LogP contribution in [0.25, 0.3) is 11.3 Å². The van der Waals surface area contributed by atoms with Gasteiger partial charge in [0.1, 0.15) is 0 Å². The number of aromatic nitrogens is 1. The van der Waals surface area contributed by atoms with Gasteiger partial charge in [-0.3, -0.25) is 4.79 Å². The summed E-state index contributed by atoms with van der Waals surface area (Å²) in [6.07, 6.45) is 2.39. The van der Waals surface area contributed by atoms with E-state index in [1.54, 1.807) is 38.6 Å². The van der Waals surface area contributed by atoms with E-state index in [0.717, 1.165) is 5.56 Å². The first-order valence-corrected chi connectivity index (χ1v) is 9.04. The van der Waals surface area contributed by atoms with Crippen LogP contribution in [-0.4, -0.2) is 25.1 Å². The molecular weight excluding hydrogens is 356 g/mol. The molecule has 0 aliphatic heterocycles. The number of hydrogen-bond acceptors (Lipinski definition) is 5. The van der Waals surface area contributed by atoms with Crippen molar-refractivity contribution in [3.63, 3.8) is 0 Å². The molecule has 0 unspecified atom stereocenters. The quantitative estimate of drug-likeness (QED) is 0.651. The Labute approximate surface area is 164 Å². The molecule has 6 nitrogen and oxygen atoms in total. The van der Waals surface area contributed by atoms with Gasteiger partial charge in [-0.2, -0.15) is 0 Å². The normalized spacial score (nSPS) is 10.6. The minimum atomic E-state index is -0.127. The van der Waals surface area contributed by atoms with E-state index in [1.807, 2.05) is 6.07 Å². The maximum atomic E-state index is 12.2. The molecule has 0 aliphatic rings. The second-order valence-corrected chi connectivity index (χ2v) is 6.54. The van der Waals surface area contributed by atoms with Crippen LogP contribution in [0.15, 0.2) is 47.0 Å². The second kappa shape index (κ2) is 8.61. The highest BCUT2D eigenvalue weighted by atomic mass is 16.5. The number of anilines is 1. The summed E-state index contributed by atoms with van der Waals surface area (Å²) < 4.78 is 16.2. The van der Waals surface area contributed by atoms with Crippen LogP contribution in [0.5, 0.6) is 11.5 Å². The summed E-state index contributed by atoms with van der Waals surface area (Å²) >= 11 is 0. The van der Waals surface area contributed by atoms with Gasteiger partial charge in [-0.1, -0.05) is 12.1 Å². The zero-order valence-corrected chi connectivity index (χ0v) is 16.5. The van der Waals surface area contributed by atoms with Crippen molar-refractivity contribution in [2.75, 3.05) is 19.5 Å². The van der Waals surface area contributed by atoms with Gasteiger partial charge in [-0.25, -0.2) is 4.98 Å². The third kappa shape index (κ3) is 4.52. The molecule has 28 heavy (non-hydrogen) atoms. The van der Waals surface area contributed by atoms with E-state index in [4.69, 9.17) is 13.9 Å². The van der Waals surface area contributed by atoms with Crippen molar-refractivity contribution in [2.24, 2.45) is 0 Å². The molecule has 3 rings (SSSR count). The summed E-state index contributed by atoms with van der Waals surface area (Å²) in [6.45, 7) is 4.14. The van der Waals surface area contributed by atoms with Crippen molar-refractivity contribution in [1.29, 1.82) is 0 Å². The molecule has 0 aliphatic carbocycles. The van der Waals surface area contributed by atoms with Crippen molar-refractivity contribution in [3.05, 3.63) is 59.6 Å². The molecule has 1 heterocycles. The molecule has 0 fully saturated rings. The zero-order chi connectivity index (χ0) is 20.1. The number of nitrogens with zero attached hydrogens (tertiary/aromatic N) is 1. The minimum absolute atomic E-state index is 0.127. The van der Waals surface area contributed by atoms with E-state index >= 15 is 0 Å². The Balaban J connectivity index is 1.59. The Morgan fingerprint density at radius 2 is 1.82 bits per heavy atom. The minimum Gasteiger partial charge on any atom is -0.493 e. The molecule has 0 saturated heterocycles. The maximum absolute atomic E-state index is 12.2. The molecule has 0 radical (unpaired) electrons. The molecule has 2 aromatic carbocycles. The largest absolute Gasteiger partial charge is 0.493 e. The molecule has 1 amide bonds. The van der Waals surface area contributed by atoms with E-state index in [1.165, 1.54) is 11.1 Å². The lowest BCUT2D eigenvalue weighted by Gasteiger charge is -2.10. The summed E-state index contributed by atoms with van der Waals surface area (Å²) in [4.78, 5) is 16.5. The Hall–Kier alpha value is -3.28. The predicted octanol–water partition coefficient (Wildman–Crippen LogP) is 4.55. The number of nitrogens with one attached hydrogen (secondary N) is 1. The predicted molar refractivity (Wildman–Crippen MR) is 108 cm³/mol. The van der Waals surface area contributed by atoms with Crippen molar-refractivity contribution in [2.45, 2.75) is 26.7 Å². The summed E-state index contributed by atoms with van der Waals surface area (Å²) in [7, 11) is 3.12. The number of aryl methyl sites for hydroxylation is 3. The molecule has 6 heteroatoms. The third-order valence-electron chi connectivity index (χ3n) is 4.58. The van der Waals surface area contributed by atoms with Gasteiger partial charge in [0.2, 0.25) is 5.91 Å². The molecule has 1 N–H and O–H groups in total. The third-order valence-corrected chi connectivity index (χ3v) is 4.58. The summed E-state index contributed by atoms with van der Waals surface area (Å²) in [5.74, 6) is 2.29. The Kier molecular flexibility index (Phi) is 5.99. The smallest absolute Gasteiger partial charge is 0.224 e. The number of methoxy groups -OCH3 is 2. The van der Waals surface area contributed by atoms with E-state index in [0.29, 0.717) is 35.3 Å². The van der Waals surface area contributed by atoms with Gasteiger partial charge in [-0.05, 0) is 43.2 Å². The lowest BCUT2D eigenvalue weighted by molar-refractivity contribution is -0.116. The number of carbonyl (C=O) groups is 1. The van der Waals surface area contributed by atoms with Crippen molar-refractivity contribution in [3.8, 4) is 22.8 Å². The standard InChI is InChI=1S/C22H24N2O4/c1-14-5-6-16(11-15(14)2)20-13-23-22(28-20)10-9-21(25)24-17-7-8-18(26-3)19(12-17)27-4/h5-8,11-13H,9-10H2,1-4H3,(H,24,25). The maximum Gasteiger partial charge on any atom is 0.224 e. The van der Waals surface area contributed by atoms with E-state index in [9.17, 15) is 4.79 Å². The topological polar surface area (TPSA) is 73.6 Å². The van der Waals surface area contributed by atoms with Crippen molar-refractivity contribution < 1.29 is 18.7 Å². The fourth-order valence-corrected chi connectivity index (χ4v) is 2.81. The van der Waals surface area contributed by atoms with E-state index in [2.05, 4.69) is 36.3 Å². The lowest BCUT2D eigenvalue weighted by Crippen LogP contribution is -2.12. The van der Waals surface area contributed by atoms with Gasteiger partial charge in [0.05, 0.1) is 20.4 Å². The lowest BCUT2D eigenvalue weighted by atomic mass is 10.1. The fraction of sp³-hybridized carbons (Fsp3) is 0.273. The summed E-state index contributed by atoms with van der Waals surface area (Å²) in [5, 5.41) is 2.85. The van der Waals surface area contributed by atoms with Gasteiger partial charge in [-0.15, -0.1) is 0 Å². The number of amides is 1. The van der Waals surface area contributed by atoms with Crippen molar-refractivity contribution >= 4 is 11.6 Å². The van der Waals surface area contributed by atoms with Crippen LogP contribution in [0.3, 0.4) is 0 Å². The molecule has 1 aromatic heterocycles. The molecule has 0 spiro atoms. The second-order valence-electron chi connectivity index (χ2n) is 6.54. The monoisotopic (exact) mass is 380 g/mol. The van der Waals surface area contributed by atoms with Crippen LogP contribution in [0, 0.1) is 13.8 Å². The number of ether oxygens (including phenoxy) is 2. The molecule has 0 atom stereocenters. The fourth-order valence-electron chi connectivity index (χ4n) is 2.81. The average molecular weight is 380 g/mol. The zero-order valence-electron chi connectivity index (χ0n) is 16.5. The van der Waals surface area contributed by atoms with Gasteiger partial charge in [0.25, 0.3) is 0 Å². The molecule has 146 valence electrons. The summed E-state index contributed by atoms with van der Waals surface area (Å²) in [5.41, 5.74) is 4.06. The molecule has 0 bridgehead atoms. The van der Waals surface area contributed by atoms with E-state index in [-0.39, 0.29) is 12.3 Å². The first-order chi connectivity index (χ1) is 13.5. The summed E-state index contributed by atoms with van der Waals surface area (Å²) in [6, 6.07) is 11.4. The highest BCUT2D eigenvalue weighted by Gasteiger charge is 2.11. The highest BCUT2D eigenvalue weighted by Crippen LogP contribution is 2.30. The van der Waals surface area contributed by atoms with Gasteiger partial charge < -0.3 is 19.2 Å². The molecular formula is C22H24N2O4. The average Bonchev–Trinajstić information content (AvgIpc) is 3.17. The van der Waals surface area contributed by atoms with Crippen LogP contribution >= 0.6 is 0 Å². The van der Waals surface area contributed by atoms with Crippen LogP contribution in [0.4, 0.5) is 5.69 Å². The molecule has 3 aromatic rings. The first kappa shape index (κ1) is 19.5. The van der Waals surface area contributed by atoms with Crippen LogP contribution in [0.1, 0.15) is 23.4 Å². The number of benzene rings is 2. The number of oxazole rings is 1. The Morgan fingerprint density at radius 3 is 2.54 bits per heavy atom. The molecule has 0 saturated carbocycles. The highest BCUT2D eigenvalue weighted by molar-refractivity contribution is 5.91. The van der Waals surface area contributed by atoms with Gasteiger partial charge in [0, 0.05) is 30.2 Å². The van der Waals surface area contributed by atoms with Crippen LogP contribution in [0.2, 0.25) is 0 Å². The van der Waals surface area contributed by atoms with E-state index < -0.39 is 0 Å². The van der Waals surface area contributed by atoms with Crippen molar-refractivity contribution in [1.82, 2.24) is 4.98 Å². The van der Waals surface area contributed by atoms with Crippen LogP contribution in [-0.2, 0) is 11.2 Å². The van der Waals surface area contributed by atoms with Gasteiger partial charge in [0.15, 0.2) is 23.1 Å².